The summed E-state index contributed by atoms with van der Waals surface area (Å²) in [5.74, 6) is -3.44. The number of nitrogens with zero attached hydrogens (tertiary/aromatic N) is 3. The maximum absolute atomic E-state index is 15.0. The summed E-state index contributed by atoms with van der Waals surface area (Å²) in [6.45, 7) is 1.79. The fourth-order valence-corrected chi connectivity index (χ4v) is 4.29. The number of hydrogen-bond donors (Lipinski definition) is 3. The normalized spacial score (nSPS) is 11.5. The van der Waals surface area contributed by atoms with Crippen LogP contribution < -0.4 is 14.8 Å². The topological polar surface area (TPSA) is 122 Å². The van der Waals surface area contributed by atoms with Crippen molar-refractivity contribution in [3.8, 4) is 5.88 Å². The molecule has 0 aliphatic heterocycles. The van der Waals surface area contributed by atoms with E-state index in [0.717, 1.165) is 36.5 Å². The molecular formula is C20H17F3N6O3S. The third-order valence-corrected chi connectivity index (χ3v) is 6.10. The number of sulfonamides is 1. The predicted octanol–water partition coefficient (Wildman–Crippen LogP) is 3.50. The number of rotatable bonds is 7. The van der Waals surface area contributed by atoms with Crippen LogP contribution in [0.2, 0.25) is 0 Å². The monoisotopic (exact) mass is 478 g/mol. The summed E-state index contributed by atoms with van der Waals surface area (Å²) >= 11 is 0. The van der Waals surface area contributed by atoms with Gasteiger partial charge in [0.2, 0.25) is 5.88 Å². The van der Waals surface area contributed by atoms with Gasteiger partial charge in [-0.05, 0) is 30.7 Å². The Morgan fingerprint density at radius 2 is 1.91 bits per heavy atom. The lowest BCUT2D eigenvalue weighted by molar-refractivity contribution is 0.382. The van der Waals surface area contributed by atoms with E-state index in [1.807, 2.05) is 4.72 Å². The first-order valence-corrected chi connectivity index (χ1v) is 10.9. The molecule has 0 spiro atoms. The van der Waals surface area contributed by atoms with E-state index in [4.69, 9.17) is 4.74 Å². The minimum Gasteiger partial charge on any atom is -0.480 e. The van der Waals surface area contributed by atoms with E-state index in [2.05, 4.69) is 25.5 Å². The fourth-order valence-electron chi connectivity index (χ4n) is 3.10. The average Bonchev–Trinajstić information content (AvgIpc) is 3.16. The molecule has 0 aliphatic carbocycles. The Labute approximate surface area is 186 Å². The van der Waals surface area contributed by atoms with Crippen molar-refractivity contribution < 1.29 is 26.3 Å². The van der Waals surface area contributed by atoms with Gasteiger partial charge in [-0.3, -0.25) is 9.82 Å². The molecule has 0 unspecified atom stereocenters. The van der Waals surface area contributed by atoms with Crippen LogP contribution in [0.15, 0.2) is 41.6 Å². The highest BCUT2D eigenvalue weighted by molar-refractivity contribution is 7.92. The first-order valence-electron chi connectivity index (χ1n) is 9.43. The number of benzene rings is 1. The number of ether oxygens (including phenoxy) is 1. The van der Waals surface area contributed by atoms with Crippen molar-refractivity contribution >= 4 is 32.4 Å². The number of nitrogens with one attached hydrogen (secondary N) is 3. The molecule has 0 radical (unpaired) electrons. The molecule has 0 saturated carbocycles. The number of fused-ring (bicyclic) bond motifs is 1. The van der Waals surface area contributed by atoms with E-state index < -0.39 is 43.7 Å². The largest absolute Gasteiger partial charge is 0.480 e. The fraction of sp³-hybridized carbons (Fsp3) is 0.150. The number of pyridine rings is 2. The molecule has 1 aromatic carbocycles. The van der Waals surface area contributed by atoms with Gasteiger partial charge in [-0.1, -0.05) is 0 Å². The van der Waals surface area contributed by atoms with E-state index in [1.165, 1.54) is 6.20 Å². The van der Waals surface area contributed by atoms with Gasteiger partial charge in [-0.25, -0.2) is 31.6 Å². The van der Waals surface area contributed by atoms with Crippen molar-refractivity contribution in [2.24, 2.45) is 0 Å². The SMILES string of the molecule is COc1ncc(F)cc1S(=O)(=O)Nc1ccc(F)c(NCc2cnc3[nH]nc(C)c3c2)c1F. The third kappa shape index (κ3) is 4.39. The minimum absolute atomic E-state index is 0.000751. The molecule has 0 bridgehead atoms. The second kappa shape index (κ2) is 8.58. The molecule has 0 atom stereocenters. The van der Waals surface area contributed by atoms with Gasteiger partial charge in [-0.2, -0.15) is 5.10 Å². The molecule has 0 aliphatic rings. The molecule has 172 valence electrons. The van der Waals surface area contributed by atoms with Gasteiger partial charge in [-0.15, -0.1) is 0 Å². The zero-order valence-electron chi connectivity index (χ0n) is 17.3. The van der Waals surface area contributed by atoms with Crippen LogP contribution in [0.4, 0.5) is 24.5 Å². The standard InChI is InChI=1S/C20H17F3N6O3S/c1-10-13-5-11(8-25-19(13)28-27-10)7-24-18-14(22)3-4-15(17(18)23)29-33(30,31)16-6-12(21)9-26-20(16)32-2/h3-6,8-9,24,29H,7H2,1-2H3,(H,25,27,28). The summed E-state index contributed by atoms with van der Waals surface area (Å²) in [5, 5.41) is 10.2. The summed E-state index contributed by atoms with van der Waals surface area (Å²) in [4.78, 5) is 7.11. The van der Waals surface area contributed by atoms with Crippen LogP contribution >= 0.6 is 0 Å². The highest BCUT2D eigenvalue weighted by Crippen LogP contribution is 2.30. The van der Waals surface area contributed by atoms with Gasteiger partial charge < -0.3 is 10.1 Å². The number of halogens is 3. The summed E-state index contributed by atoms with van der Waals surface area (Å²) in [7, 11) is -3.36. The molecule has 3 heterocycles. The van der Waals surface area contributed by atoms with Crippen molar-refractivity contribution in [2.75, 3.05) is 17.1 Å². The number of aryl methyl sites for hydroxylation is 1. The van der Waals surface area contributed by atoms with Crippen LogP contribution in [0, 0.1) is 24.4 Å². The Balaban J connectivity index is 1.61. The molecule has 4 aromatic rings. The molecule has 33 heavy (non-hydrogen) atoms. The van der Waals surface area contributed by atoms with Crippen LogP contribution in [0.25, 0.3) is 11.0 Å². The Morgan fingerprint density at radius 3 is 2.67 bits per heavy atom. The summed E-state index contributed by atoms with van der Waals surface area (Å²) in [6, 6.07) is 4.25. The van der Waals surface area contributed by atoms with Gasteiger partial charge in [0.25, 0.3) is 10.0 Å². The molecular weight excluding hydrogens is 461 g/mol. The number of hydrogen-bond acceptors (Lipinski definition) is 7. The third-order valence-electron chi connectivity index (χ3n) is 4.74. The highest BCUT2D eigenvalue weighted by atomic mass is 32.2. The predicted molar refractivity (Wildman–Crippen MR) is 114 cm³/mol. The number of H-pyrrole nitrogens is 1. The lowest BCUT2D eigenvalue weighted by Gasteiger charge is -2.14. The zero-order chi connectivity index (χ0) is 23.8. The molecule has 3 aromatic heterocycles. The first kappa shape index (κ1) is 22.3. The Kier molecular flexibility index (Phi) is 5.80. The quantitative estimate of drug-likeness (QED) is 0.372. The lowest BCUT2D eigenvalue weighted by Crippen LogP contribution is -2.17. The molecule has 0 saturated heterocycles. The summed E-state index contributed by atoms with van der Waals surface area (Å²) in [5.41, 5.74) is 0.808. The smallest absolute Gasteiger partial charge is 0.267 e. The molecule has 9 nitrogen and oxygen atoms in total. The van der Waals surface area contributed by atoms with Crippen molar-refractivity contribution in [3.63, 3.8) is 0 Å². The van der Waals surface area contributed by atoms with Gasteiger partial charge in [0.05, 0.1) is 24.7 Å². The Bertz CT molecular complexity index is 1460. The van der Waals surface area contributed by atoms with E-state index in [9.17, 15) is 17.2 Å². The maximum atomic E-state index is 15.0. The van der Waals surface area contributed by atoms with Crippen LogP contribution in [0.1, 0.15) is 11.3 Å². The van der Waals surface area contributed by atoms with Gasteiger partial charge in [0, 0.05) is 24.2 Å². The highest BCUT2D eigenvalue weighted by Gasteiger charge is 2.25. The number of anilines is 2. The number of methoxy groups -OCH3 is 1. The van der Waals surface area contributed by atoms with E-state index in [-0.39, 0.29) is 12.4 Å². The molecule has 0 amide bonds. The van der Waals surface area contributed by atoms with E-state index in [0.29, 0.717) is 17.3 Å². The van der Waals surface area contributed by atoms with Crippen LogP contribution in [0.3, 0.4) is 0 Å². The lowest BCUT2D eigenvalue weighted by atomic mass is 10.2. The van der Waals surface area contributed by atoms with Gasteiger partial charge in [0.1, 0.15) is 17.3 Å². The van der Waals surface area contributed by atoms with Crippen molar-refractivity contribution in [1.29, 1.82) is 0 Å². The summed E-state index contributed by atoms with van der Waals surface area (Å²) < 4.78 is 75.1. The second-order valence-corrected chi connectivity index (χ2v) is 8.60. The number of aromatic amines is 1. The maximum Gasteiger partial charge on any atom is 0.267 e. The average molecular weight is 478 g/mol. The van der Waals surface area contributed by atoms with E-state index in [1.54, 1.807) is 13.0 Å². The minimum atomic E-state index is -4.51. The molecule has 3 N–H and O–H groups in total. The van der Waals surface area contributed by atoms with Crippen molar-refractivity contribution in [2.45, 2.75) is 18.4 Å². The summed E-state index contributed by atoms with van der Waals surface area (Å²) in [6.07, 6.45) is 2.29. The molecule has 4 rings (SSSR count). The van der Waals surface area contributed by atoms with Crippen molar-refractivity contribution in [3.05, 3.63) is 65.4 Å². The molecule has 0 fully saturated rings. The number of aromatic nitrogens is 4. The van der Waals surface area contributed by atoms with E-state index >= 15 is 4.39 Å². The second-order valence-electron chi connectivity index (χ2n) is 6.95. The van der Waals surface area contributed by atoms with Gasteiger partial charge in [0.15, 0.2) is 16.4 Å². The van der Waals surface area contributed by atoms with Crippen molar-refractivity contribution in [1.82, 2.24) is 20.2 Å². The van der Waals surface area contributed by atoms with Crippen LogP contribution in [-0.4, -0.2) is 35.7 Å². The Morgan fingerprint density at radius 1 is 1.12 bits per heavy atom. The zero-order valence-corrected chi connectivity index (χ0v) is 18.1. The molecule has 13 heteroatoms. The van der Waals surface area contributed by atoms with Crippen LogP contribution in [0.5, 0.6) is 5.88 Å². The van der Waals surface area contributed by atoms with Gasteiger partial charge >= 0.3 is 0 Å². The Hall–Kier alpha value is -3.87. The van der Waals surface area contributed by atoms with Crippen LogP contribution in [-0.2, 0) is 16.6 Å². The first-order chi connectivity index (χ1) is 15.7.